The van der Waals surface area contributed by atoms with Crippen LogP contribution in [0.5, 0.6) is 0 Å². The van der Waals surface area contributed by atoms with Gasteiger partial charge in [-0.25, -0.2) is 0 Å². The highest BCUT2D eigenvalue weighted by Crippen LogP contribution is 2.41. The molecule has 104 valence electrons. The van der Waals surface area contributed by atoms with E-state index in [9.17, 15) is 5.11 Å². The molecule has 1 aromatic heterocycles. The van der Waals surface area contributed by atoms with Crippen molar-refractivity contribution in [3.8, 4) is 0 Å². The molecule has 0 aliphatic heterocycles. The summed E-state index contributed by atoms with van der Waals surface area (Å²) < 4.78 is 0. The minimum absolute atomic E-state index is 0.197. The Hall–Kier alpha value is -2.19. The summed E-state index contributed by atoms with van der Waals surface area (Å²) in [4.78, 5) is 4.38. The monoisotopic (exact) mass is 275 g/mol. The van der Waals surface area contributed by atoms with Crippen molar-refractivity contribution in [2.45, 2.75) is 24.9 Å². The van der Waals surface area contributed by atoms with E-state index >= 15 is 0 Å². The van der Waals surface area contributed by atoms with Gasteiger partial charge in [0, 0.05) is 17.5 Å². The molecule has 4 rings (SSSR count). The van der Waals surface area contributed by atoms with Gasteiger partial charge >= 0.3 is 0 Å². The van der Waals surface area contributed by atoms with Crippen molar-refractivity contribution in [2.75, 3.05) is 0 Å². The van der Waals surface area contributed by atoms with Gasteiger partial charge in [0.1, 0.15) is 0 Å². The maximum Gasteiger partial charge on any atom is 0.0859 e. The van der Waals surface area contributed by atoms with Gasteiger partial charge in [0.15, 0.2) is 0 Å². The largest absolute Gasteiger partial charge is 0.388 e. The molecule has 0 amide bonds. The molecule has 0 saturated carbocycles. The molecule has 2 aromatic carbocycles. The third-order valence-corrected chi connectivity index (χ3v) is 4.53. The summed E-state index contributed by atoms with van der Waals surface area (Å²) >= 11 is 0. The van der Waals surface area contributed by atoms with Crippen LogP contribution in [0, 0.1) is 0 Å². The number of pyridine rings is 1. The van der Waals surface area contributed by atoms with Crippen molar-refractivity contribution >= 4 is 10.9 Å². The van der Waals surface area contributed by atoms with Crippen LogP contribution in [0.25, 0.3) is 10.9 Å². The van der Waals surface area contributed by atoms with Gasteiger partial charge in [-0.1, -0.05) is 42.5 Å². The highest BCUT2D eigenvalue weighted by atomic mass is 16.3. The molecule has 2 heteroatoms. The van der Waals surface area contributed by atoms with Gasteiger partial charge in [-0.2, -0.15) is 0 Å². The maximum atomic E-state index is 10.8. The molecule has 21 heavy (non-hydrogen) atoms. The Bertz CT molecular complexity index is 796. The van der Waals surface area contributed by atoms with Crippen LogP contribution in [0.4, 0.5) is 0 Å². The quantitative estimate of drug-likeness (QED) is 0.767. The normalized spacial score (nSPS) is 18.6. The van der Waals surface area contributed by atoms with Gasteiger partial charge < -0.3 is 5.11 Å². The second kappa shape index (κ2) is 4.97. The molecule has 0 saturated heterocycles. The van der Waals surface area contributed by atoms with Crippen molar-refractivity contribution in [1.82, 2.24) is 4.98 Å². The molecule has 2 unspecified atom stereocenters. The van der Waals surface area contributed by atoms with Gasteiger partial charge in [0.25, 0.3) is 0 Å². The van der Waals surface area contributed by atoms with Crippen LogP contribution < -0.4 is 0 Å². The number of aliphatic hydroxyl groups excluding tert-OH is 1. The van der Waals surface area contributed by atoms with Crippen LogP contribution in [-0.2, 0) is 6.42 Å². The fourth-order valence-corrected chi connectivity index (χ4v) is 3.42. The number of aryl methyl sites for hydroxylation is 1. The summed E-state index contributed by atoms with van der Waals surface area (Å²) in [6.45, 7) is 0. The molecular formula is C19H17NO. The fourth-order valence-electron chi connectivity index (χ4n) is 3.42. The molecule has 0 spiro atoms. The van der Waals surface area contributed by atoms with E-state index in [1.54, 1.807) is 6.20 Å². The zero-order chi connectivity index (χ0) is 14.2. The molecule has 2 atom stereocenters. The Kier molecular flexibility index (Phi) is 2.97. The third kappa shape index (κ3) is 2.12. The van der Waals surface area contributed by atoms with Gasteiger partial charge in [-0.05, 0) is 41.7 Å². The average molecular weight is 275 g/mol. The summed E-state index contributed by atoms with van der Waals surface area (Å²) in [6.07, 6.45) is 3.41. The van der Waals surface area contributed by atoms with E-state index in [2.05, 4.69) is 29.2 Å². The molecule has 0 bridgehead atoms. The summed E-state index contributed by atoms with van der Waals surface area (Å²) in [6, 6.07) is 18.5. The number of aliphatic hydroxyl groups is 1. The van der Waals surface area contributed by atoms with Crippen LogP contribution >= 0.6 is 0 Å². The summed E-state index contributed by atoms with van der Waals surface area (Å²) in [7, 11) is 0. The summed E-state index contributed by atoms with van der Waals surface area (Å²) in [5, 5.41) is 11.9. The lowest BCUT2D eigenvalue weighted by Crippen LogP contribution is -2.08. The zero-order valence-corrected chi connectivity index (χ0v) is 11.7. The number of fused-ring (bicyclic) bond motifs is 2. The molecule has 1 N–H and O–H groups in total. The highest BCUT2D eigenvalue weighted by Gasteiger charge is 2.29. The SMILES string of the molecule is OC(c1ccc2cccnc2c1)C1CCc2ccccc21. The number of aromatic nitrogens is 1. The Morgan fingerprint density at radius 3 is 2.90 bits per heavy atom. The van der Waals surface area contributed by atoms with E-state index in [0.29, 0.717) is 0 Å². The van der Waals surface area contributed by atoms with E-state index in [1.165, 1.54) is 11.1 Å². The first-order valence-corrected chi connectivity index (χ1v) is 7.43. The van der Waals surface area contributed by atoms with Crippen LogP contribution in [-0.4, -0.2) is 10.1 Å². The molecule has 1 aliphatic carbocycles. The number of nitrogens with zero attached hydrogens (tertiary/aromatic N) is 1. The second-order valence-electron chi connectivity index (χ2n) is 5.74. The Labute approximate surface area is 124 Å². The van der Waals surface area contributed by atoms with E-state index in [1.807, 2.05) is 30.3 Å². The van der Waals surface area contributed by atoms with Crippen molar-refractivity contribution in [2.24, 2.45) is 0 Å². The van der Waals surface area contributed by atoms with Gasteiger partial charge in [-0.15, -0.1) is 0 Å². The highest BCUT2D eigenvalue weighted by molar-refractivity contribution is 5.79. The van der Waals surface area contributed by atoms with Crippen LogP contribution in [0.3, 0.4) is 0 Å². The van der Waals surface area contributed by atoms with Gasteiger partial charge in [-0.3, -0.25) is 4.98 Å². The minimum Gasteiger partial charge on any atom is -0.388 e. The van der Waals surface area contributed by atoms with Crippen LogP contribution in [0.15, 0.2) is 60.8 Å². The van der Waals surface area contributed by atoms with Crippen LogP contribution in [0.1, 0.15) is 35.1 Å². The smallest absolute Gasteiger partial charge is 0.0859 e. The van der Waals surface area contributed by atoms with Gasteiger partial charge in [0.2, 0.25) is 0 Å². The lowest BCUT2D eigenvalue weighted by molar-refractivity contribution is 0.145. The van der Waals surface area contributed by atoms with Gasteiger partial charge in [0.05, 0.1) is 11.6 Å². The number of rotatable bonds is 2. The Balaban J connectivity index is 1.72. The number of benzene rings is 2. The Morgan fingerprint density at radius 2 is 1.95 bits per heavy atom. The van der Waals surface area contributed by atoms with E-state index in [4.69, 9.17) is 0 Å². The average Bonchev–Trinajstić information content (AvgIpc) is 2.98. The van der Waals surface area contributed by atoms with E-state index in [0.717, 1.165) is 29.3 Å². The molecule has 0 radical (unpaired) electrons. The number of hydrogen-bond acceptors (Lipinski definition) is 2. The van der Waals surface area contributed by atoms with E-state index < -0.39 is 6.10 Å². The standard InChI is InChI=1S/C19H17NO/c21-19(17-10-9-13-4-1-2-6-16(13)17)15-8-7-14-5-3-11-20-18(14)12-15/h1-8,11-12,17,19,21H,9-10H2. The minimum atomic E-state index is -0.458. The predicted octanol–water partition coefficient (Wildman–Crippen LogP) is 4.00. The molecule has 2 nitrogen and oxygen atoms in total. The second-order valence-corrected chi connectivity index (χ2v) is 5.74. The summed E-state index contributed by atoms with van der Waals surface area (Å²) in [5.41, 5.74) is 4.58. The zero-order valence-electron chi connectivity index (χ0n) is 11.7. The first-order valence-electron chi connectivity index (χ1n) is 7.43. The fraction of sp³-hybridized carbons (Fsp3) is 0.211. The van der Waals surface area contributed by atoms with E-state index in [-0.39, 0.29) is 5.92 Å². The van der Waals surface area contributed by atoms with Crippen molar-refractivity contribution in [3.05, 3.63) is 77.5 Å². The first-order chi connectivity index (χ1) is 10.3. The van der Waals surface area contributed by atoms with Crippen LogP contribution in [0.2, 0.25) is 0 Å². The molecule has 3 aromatic rings. The Morgan fingerprint density at radius 1 is 1.05 bits per heavy atom. The summed E-state index contributed by atoms with van der Waals surface area (Å²) in [5.74, 6) is 0.197. The third-order valence-electron chi connectivity index (χ3n) is 4.53. The number of hydrogen-bond donors (Lipinski definition) is 1. The predicted molar refractivity (Wildman–Crippen MR) is 84.2 cm³/mol. The molecular weight excluding hydrogens is 258 g/mol. The molecule has 0 fully saturated rings. The molecule has 1 aliphatic rings. The first kappa shape index (κ1) is 12.5. The lowest BCUT2D eigenvalue weighted by Gasteiger charge is -2.20. The van der Waals surface area contributed by atoms with Crippen molar-refractivity contribution in [3.63, 3.8) is 0 Å². The lowest BCUT2D eigenvalue weighted by atomic mass is 9.90. The van der Waals surface area contributed by atoms with Crippen molar-refractivity contribution < 1.29 is 5.11 Å². The topological polar surface area (TPSA) is 33.1 Å². The van der Waals surface area contributed by atoms with Crippen molar-refractivity contribution in [1.29, 1.82) is 0 Å². The molecule has 1 heterocycles. The maximum absolute atomic E-state index is 10.8.